The number of hydrogen-bond acceptors (Lipinski definition) is 1. The highest BCUT2D eigenvalue weighted by Gasteiger charge is 2.03. The first-order valence-electron chi connectivity index (χ1n) is 2.82. The van der Waals surface area contributed by atoms with Crippen molar-refractivity contribution in [3.63, 3.8) is 0 Å². The lowest BCUT2D eigenvalue weighted by Crippen LogP contribution is -2.23. The van der Waals surface area contributed by atoms with Crippen LogP contribution in [-0.4, -0.2) is 25.0 Å². The summed E-state index contributed by atoms with van der Waals surface area (Å²) in [5.74, 6) is 0. The molecule has 3 heteroatoms. The van der Waals surface area contributed by atoms with Crippen LogP contribution in [0, 0.1) is 0 Å². The van der Waals surface area contributed by atoms with Gasteiger partial charge in [0, 0.05) is 18.1 Å². The lowest BCUT2D eigenvalue weighted by atomic mass is 10.3. The van der Waals surface area contributed by atoms with Crippen LogP contribution in [0.15, 0.2) is 11.1 Å². The Labute approximate surface area is 67.1 Å². The average Bonchev–Trinajstić information content (AvgIpc) is 1.64. The molecule has 0 aliphatic carbocycles. The summed E-state index contributed by atoms with van der Waals surface area (Å²) in [7, 11) is 2.08. The standard InChI is InChI=1S/C6H10ClN.ClH/c1-8-4-2-3-6(7)5-8;/h3H,2,4-5H2,1H3;1H. The lowest BCUT2D eigenvalue weighted by molar-refractivity contribution is 0.362. The average molecular weight is 168 g/mol. The molecule has 0 saturated carbocycles. The molecule has 0 bridgehead atoms. The zero-order chi connectivity index (χ0) is 5.98. The van der Waals surface area contributed by atoms with Gasteiger partial charge in [0.05, 0.1) is 0 Å². The fourth-order valence-corrected chi connectivity index (χ4v) is 1.16. The molecule has 0 radical (unpaired) electrons. The first kappa shape index (κ1) is 9.28. The number of halogens is 2. The van der Waals surface area contributed by atoms with E-state index in [2.05, 4.69) is 18.0 Å². The molecule has 1 heterocycles. The Kier molecular flexibility index (Phi) is 4.28. The summed E-state index contributed by atoms with van der Waals surface area (Å²) in [6.45, 7) is 2.08. The Morgan fingerprint density at radius 3 is 2.67 bits per heavy atom. The predicted molar refractivity (Wildman–Crippen MR) is 43.3 cm³/mol. The SMILES string of the molecule is CN1CCC=C(Cl)C1.Cl. The van der Waals surface area contributed by atoms with Crippen molar-refractivity contribution in [1.82, 2.24) is 4.90 Å². The quantitative estimate of drug-likeness (QED) is 0.533. The highest BCUT2D eigenvalue weighted by Crippen LogP contribution is 2.09. The van der Waals surface area contributed by atoms with Crippen LogP contribution in [-0.2, 0) is 0 Å². The number of nitrogens with zero attached hydrogens (tertiary/aromatic N) is 1. The van der Waals surface area contributed by atoms with Gasteiger partial charge in [-0.3, -0.25) is 0 Å². The molecule has 1 aliphatic heterocycles. The number of likely N-dealkylation sites (N-methyl/N-ethyl adjacent to an activating group) is 1. The van der Waals surface area contributed by atoms with E-state index in [4.69, 9.17) is 11.6 Å². The summed E-state index contributed by atoms with van der Waals surface area (Å²) < 4.78 is 0. The smallest absolute Gasteiger partial charge is 0.0335 e. The predicted octanol–water partition coefficient (Wildman–Crippen LogP) is 1.87. The minimum atomic E-state index is 0. The van der Waals surface area contributed by atoms with Crippen molar-refractivity contribution in [2.45, 2.75) is 6.42 Å². The second kappa shape index (κ2) is 4.15. The van der Waals surface area contributed by atoms with E-state index in [1.165, 1.54) is 0 Å². The Bertz CT molecular complexity index is 112. The molecule has 0 fully saturated rings. The third-order valence-electron chi connectivity index (χ3n) is 1.30. The van der Waals surface area contributed by atoms with Crippen molar-refractivity contribution in [2.75, 3.05) is 20.1 Å². The van der Waals surface area contributed by atoms with Crippen LogP contribution >= 0.6 is 24.0 Å². The molecule has 0 aromatic carbocycles. The topological polar surface area (TPSA) is 3.24 Å². The molecule has 0 N–H and O–H groups in total. The summed E-state index contributed by atoms with van der Waals surface area (Å²) in [6.07, 6.45) is 3.19. The van der Waals surface area contributed by atoms with Crippen LogP contribution in [0.3, 0.4) is 0 Å². The molecule has 0 atom stereocenters. The van der Waals surface area contributed by atoms with E-state index in [1.807, 2.05) is 0 Å². The van der Waals surface area contributed by atoms with E-state index in [1.54, 1.807) is 0 Å². The van der Waals surface area contributed by atoms with Crippen LogP contribution in [0.2, 0.25) is 0 Å². The normalized spacial score (nSPS) is 20.4. The Morgan fingerprint density at radius 1 is 1.67 bits per heavy atom. The van der Waals surface area contributed by atoms with E-state index < -0.39 is 0 Å². The summed E-state index contributed by atoms with van der Waals surface area (Å²) in [5, 5.41) is 0.985. The van der Waals surface area contributed by atoms with E-state index in [0.717, 1.165) is 24.5 Å². The fraction of sp³-hybridized carbons (Fsp3) is 0.667. The fourth-order valence-electron chi connectivity index (χ4n) is 0.843. The Morgan fingerprint density at radius 2 is 2.33 bits per heavy atom. The van der Waals surface area contributed by atoms with Gasteiger partial charge in [0.15, 0.2) is 0 Å². The zero-order valence-corrected chi connectivity index (χ0v) is 7.00. The van der Waals surface area contributed by atoms with Crippen molar-refractivity contribution >= 4 is 24.0 Å². The zero-order valence-electron chi connectivity index (χ0n) is 5.43. The van der Waals surface area contributed by atoms with Gasteiger partial charge < -0.3 is 4.90 Å². The van der Waals surface area contributed by atoms with E-state index >= 15 is 0 Å². The molecule has 0 aromatic heterocycles. The third kappa shape index (κ3) is 3.09. The first-order chi connectivity index (χ1) is 3.79. The maximum Gasteiger partial charge on any atom is 0.0335 e. The van der Waals surface area contributed by atoms with Gasteiger partial charge in [-0.2, -0.15) is 0 Å². The minimum absolute atomic E-state index is 0. The van der Waals surface area contributed by atoms with Crippen molar-refractivity contribution < 1.29 is 0 Å². The van der Waals surface area contributed by atoms with Crippen molar-refractivity contribution in [1.29, 1.82) is 0 Å². The maximum atomic E-state index is 5.73. The monoisotopic (exact) mass is 167 g/mol. The van der Waals surface area contributed by atoms with Crippen molar-refractivity contribution in [3.8, 4) is 0 Å². The number of hydrogen-bond donors (Lipinski definition) is 0. The Balaban J connectivity index is 0.000000640. The molecule has 1 aliphatic rings. The van der Waals surface area contributed by atoms with Crippen molar-refractivity contribution in [2.24, 2.45) is 0 Å². The van der Waals surface area contributed by atoms with Crippen LogP contribution in [0.5, 0.6) is 0 Å². The molecule has 1 nitrogen and oxygen atoms in total. The molecule has 0 saturated heterocycles. The second-order valence-corrected chi connectivity index (χ2v) is 2.66. The summed E-state index contributed by atoms with van der Waals surface area (Å²) in [4.78, 5) is 2.21. The molecular formula is C6H11Cl2N. The molecule has 9 heavy (non-hydrogen) atoms. The maximum absolute atomic E-state index is 5.73. The molecule has 0 spiro atoms. The largest absolute Gasteiger partial charge is 0.301 e. The minimum Gasteiger partial charge on any atom is -0.301 e. The molecule has 0 unspecified atom stereocenters. The lowest BCUT2D eigenvalue weighted by Gasteiger charge is -2.18. The van der Waals surface area contributed by atoms with Gasteiger partial charge in [0.25, 0.3) is 0 Å². The van der Waals surface area contributed by atoms with Crippen molar-refractivity contribution in [3.05, 3.63) is 11.1 Å². The van der Waals surface area contributed by atoms with Crippen LogP contribution < -0.4 is 0 Å². The molecule has 0 aromatic rings. The summed E-state index contributed by atoms with van der Waals surface area (Å²) in [5.41, 5.74) is 0. The summed E-state index contributed by atoms with van der Waals surface area (Å²) >= 11 is 5.73. The molecular weight excluding hydrogens is 157 g/mol. The molecule has 54 valence electrons. The number of rotatable bonds is 0. The molecule has 1 rings (SSSR count). The van der Waals surface area contributed by atoms with E-state index in [0.29, 0.717) is 0 Å². The van der Waals surface area contributed by atoms with Gasteiger partial charge in [-0.25, -0.2) is 0 Å². The highest BCUT2D eigenvalue weighted by molar-refractivity contribution is 6.29. The van der Waals surface area contributed by atoms with E-state index in [-0.39, 0.29) is 12.4 Å². The second-order valence-electron chi connectivity index (χ2n) is 2.18. The van der Waals surface area contributed by atoms with E-state index in [9.17, 15) is 0 Å². The molecule has 0 amide bonds. The highest BCUT2D eigenvalue weighted by atomic mass is 35.5. The Hall–Kier alpha value is 0.280. The van der Waals surface area contributed by atoms with Gasteiger partial charge in [0.1, 0.15) is 0 Å². The van der Waals surface area contributed by atoms with Gasteiger partial charge >= 0.3 is 0 Å². The third-order valence-corrected chi connectivity index (χ3v) is 1.57. The summed E-state index contributed by atoms with van der Waals surface area (Å²) in [6, 6.07) is 0. The van der Waals surface area contributed by atoms with Gasteiger partial charge in [0.2, 0.25) is 0 Å². The van der Waals surface area contributed by atoms with Crippen LogP contribution in [0.25, 0.3) is 0 Å². The van der Waals surface area contributed by atoms with Gasteiger partial charge in [-0.15, -0.1) is 12.4 Å². The van der Waals surface area contributed by atoms with Gasteiger partial charge in [-0.1, -0.05) is 17.7 Å². The van der Waals surface area contributed by atoms with Crippen LogP contribution in [0.4, 0.5) is 0 Å². The van der Waals surface area contributed by atoms with Crippen LogP contribution in [0.1, 0.15) is 6.42 Å². The first-order valence-corrected chi connectivity index (χ1v) is 3.20. The van der Waals surface area contributed by atoms with Gasteiger partial charge in [-0.05, 0) is 13.5 Å².